The van der Waals surface area contributed by atoms with Crippen LogP contribution in [0, 0.1) is 0 Å². The molecule has 0 radical (unpaired) electrons. The van der Waals surface area contributed by atoms with Crippen molar-refractivity contribution < 1.29 is 5.11 Å². The molecule has 1 unspecified atom stereocenters. The lowest BCUT2D eigenvalue weighted by Crippen LogP contribution is -2.31. The Hall–Kier alpha value is 0.1000. The molecule has 0 saturated heterocycles. The van der Waals surface area contributed by atoms with Gasteiger partial charge in [0, 0.05) is 23.4 Å². The second-order valence-corrected chi connectivity index (χ2v) is 6.91. The third kappa shape index (κ3) is 3.29. The second-order valence-electron chi connectivity index (χ2n) is 4.41. The Morgan fingerprint density at radius 3 is 2.75 bits per heavy atom. The van der Waals surface area contributed by atoms with Gasteiger partial charge in [0.15, 0.2) is 0 Å². The van der Waals surface area contributed by atoms with E-state index < -0.39 is 0 Å². The monoisotopic (exact) mass is 303 g/mol. The van der Waals surface area contributed by atoms with Gasteiger partial charge in [-0.25, -0.2) is 0 Å². The molecule has 1 heterocycles. The van der Waals surface area contributed by atoms with E-state index in [1.54, 1.807) is 11.3 Å². The highest BCUT2D eigenvalue weighted by Gasteiger charge is 2.18. The molecule has 0 bridgehead atoms. The molecule has 1 fully saturated rings. The molecule has 90 valence electrons. The van der Waals surface area contributed by atoms with Gasteiger partial charge in [0.1, 0.15) is 0 Å². The average molecular weight is 304 g/mol. The molecule has 1 atom stereocenters. The number of halogens is 1. The van der Waals surface area contributed by atoms with Gasteiger partial charge in [-0.3, -0.25) is 0 Å². The minimum Gasteiger partial charge on any atom is -0.396 e. The second kappa shape index (κ2) is 6.15. The van der Waals surface area contributed by atoms with Crippen LogP contribution in [0.1, 0.15) is 36.5 Å². The highest BCUT2D eigenvalue weighted by Crippen LogP contribution is 2.28. The van der Waals surface area contributed by atoms with E-state index in [4.69, 9.17) is 0 Å². The molecular formula is C12H18BrNOS. The number of hydrogen-bond acceptors (Lipinski definition) is 3. The Balaban J connectivity index is 1.85. The summed E-state index contributed by atoms with van der Waals surface area (Å²) in [7, 11) is 0. The molecule has 2 N–H and O–H groups in total. The van der Waals surface area contributed by atoms with Crippen molar-refractivity contribution in [3.05, 3.63) is 20.8 Å². The topological polar surface area (TPSA) is 32.3 Å². The third-order valence-electron chi connectivity index (χ3n) is 3.22. The highest BCUT2D eigenvalue weighted by atomic mass is 79.9. The Labute approximate surface area is 109 Å². The van der Waals surface area contributed by atoms with E-state index in [-0.39, 0.29) is 12.5 Å². The molecule has 2 rings (SSSR count). The zero-order chi connectivity index (χ0) is 11.4. The number of nitrogens with one attached hydrogen (secondary N) is 1. The number of aliphatic hydroxyl groups excluding tert-OH is 1. The SMILES string of the molecule is OCC(CNC1CCCC1)c1ccc(Br)s1. The maximum atomic E-state index is 9.41. The Kier molecular flexibility index (Phi) is 4.82. The molecule has 1 aliphatic rings. The first-order valence-electron chi connectivity index (χ1n) is 5.89. The highest BCUT2D eigenvalue weighted by molar-refractivity contribution is 9.11. The molecule has 0 spiro atoms. The van der Waals surface area contributed by atoms with E-state index >= 15 is 0 Å². The van der Waals surface area contributed by atoms with E-state index in [2.05, 4.69) is 33.4 Å². The van der Waals surface area contributed by atoms with Crippen LogP contribution < -0.4 is 5.32 Å². The summed E-state index contributed by atoms with van der Waals surface area (Å²) in [6.45, 7) is 1.13. The molecule has 0 aliphatic heterocycles. The van der Waals surface area contributed by atoms with Gasteiger partial charge >= 0.3 is 0 Å². The fraction of sp³-hybridized carbons (Fsp3) is 0.667. The van der Waals surface area contributed by atoms with Crippen molar-refractivity contribution in [1.82, 2.24) is 5.32 Å². The molecule has 1 saturated carbocycles. The molecule has 1 aromatic heterocycles. The van der Waals surface area contributed by atoms with Crippen molar-refractivity contribution in [2.24, 2.45) is 0 Å². The van der Waals surface area contributed by atoms with Gasteiger partial charge in [-0.1, -0.05) is 12.8 Å². The van der Waals surface area contributed by atoms with Crippen LogP contribution in [0.2, 0.25) is 0 Å². The molecular weight excluding hydrogens is 286 g/mol. The van der Waals surface area contributed by atoms with Gasteiger partial charge in [-0.2, -0.15) is 0 Å². The third-order valence-corrected chi connectivity index (χ3v) is 5.01. The van der Waals surface area contributed by atoms with Crippen LogP contribution in [0.3, 0.4) is 0 Å². The van der Waals surface area contributed by atoms with Crippen molar-refractivity contribution in [3.8, 4) is 0 Å². The zero-order valence-corrected chi connectivity index (χ0v) is 11.7. The lowest BCUT2D eigenvalue weighted by atomic mass is 10.1. The van der Waals surface area contributed by atoms with Crippen LogP contribution in [-0.2, 0) is 0 Å². The summed E-state index contributed by atoms with van der Waals surface area (Å²) in [5, 5.41) is 13.0. The van der Waals surface area contributed by atoms with E-state index in [0.717, 1.165) is 10.3 Å². The summed E-state index contributed by atoms with van der Waals surface area (Å²) < 4.78 is 1.14. The van der Waals surface area contributed by atoms with E-state index in [9.17, 15) is 5.11 Å². The Bertz CT molecular complexity index is 323. The summed E-state index contributed by atoms with van der Waals surface area (Å²) in [5.74, 6) is 0.247. The summed E-state index contributed by atoms with van der Waals surface area (Å²) in [6.07, 6.45) is 5.30. The normalized spacial score (nSPS) is 19.1. The van der Waals surface area contributed by atoms with Crippen molar-refractivity contribution in [3.63, 3.8) is 0 Å². The molecule has 0 aromatic carbocycles. The first kappa shape index (κ1) is 12.6. The van der Waals surface area contributed by atoms with Crippen LogP contribution in [-0.4, -0.2) is 24.3 Å². The molecule has 2 nitrogen and oxygen atoms in total. The van der Waals surface area contributed by atoms with Gasteiger partial charge < -0.3 is 10.4 Å². The Morgan fingerprint density at radius 2 is 2.19 bits per heavy atom. The smallest absolute Gasteiger partial charge is 0.0701 e. The van der Waals surface area contributed by atoms with E-state index in [1.807, 2.05) is 0 Å². The number of hydrogen-bond donors (Lipinski definition) is 2. The quantitative estimate of drug-likeness (QED) is 0.876. The predicted molar refractivity (Wildman–Crippen MR) is 72.1 cm³/mol. The predicted octanol–water partition coefficient (Wildman–Crippen LogP) is 3.12. The van der Waals surface area contributed by atoms with Crippen LogP contribution in [0.4, 0.5) is 0 Å². The zero-order valence-electron chi connectivity index (χ0n) is 9.29. The fourth-order valence-electron chi connectivity index (χ4n) is 2.24. The first-order chi connectivity index (χ1) is 7.79. The molecule has 0 amide bonds. The van der Waals surface area contributed by atoms with Gasteiger partial charge in [0.25, 0.3) is 0 Å². The summed E-state index contributed by atoms with van der Waals surface area (Å²) in [5.41, 5.74) is 0. The minimum atomic E-state index is 0.229. The largest absolute Gasteiger partial charge is 0.396 e. The molecule has 4 heteroatoms. The fourth-order valence-corrected chi connectivity index (χ4v) is 3.76. The summed E-state index contributed by atoms with van der Waals surface area (Å²) in [6, 6.07) is 4.84. The maximum absolute atomic E-state index is 9.41. The van der Waals surface area contributed by atoms with Crippen molar-refractivity contribution in [2.75, 3.05) is 13.2 Å². The standard InChI is InChI=1S/C12H18BrNOS/c13-12-6-5-11(16-12)9(8-15)7-14-10-3-1-2-4-10/h5-6,9-10,14-15H,1-4,7-8H2. The van der Waals surface area contributed by atoms with E-state index in [1.165, 1.54) is 30.6 Å². The van der Waals surface area contributed by atoms with Crippen molar-refractivity contribution in [2.45, 2.75) is 37.6 Å². The Morgan fingerprint density at radius 1 is 1.44 bits per heavy atom. The summed E-state index contributed by atoms with van der Waals surface area (Å²) in [4.78, 5) is 1.26. The van der Waals surface area contributed by atoms with Gasteiger partial charge in [-0.05, 0) is 40.9 Å². The van der Waals surface area contributed by atoms with Crippen LogP contribution in [0.15, 0.2) is 15.9 Å². The lowest BCUT2D eigenvalue weighted by Gasteiger charge is -2.17. The number of thiophene rings is 1. The number of rotatable bonds is 5. The van der Waals surface area contributed by atoms with Gasteiger partial charge in [0.2, 0.25) is 0 Å². The minimum absolute atomic E-state index is 0.229. The maximum Gasteiger partial charge on any atom is 0.0701 e. The van der Waals surface area contributed by atoms with Gasteiger partial charge in [0.05, 0.1) is 10.4 Å². The summed E-state index contributed by atoms with van der Waals surface area (Å²) >= 11 is 5.18. The van der Waals surface area contributed by atoms with Crippen molar-refractivity contribution >= 4 is 27.3 Å². The van der Waals surface area contributed by atoms with Crippen LogP contribution in [0.5, 0.6) is 0 Å². The van der Waals surface area contributed by atoms with Gasteiger partial charge in [-0.15, -0.1) is 11.3 Å². The lowest BCUT2D eigenvalue weighted by molar-refractivity contribution is 0.260. The first-order valence-corrected chi connectivity index (χ1v) is 7.50. The molecule has 1 aliphatic carbocycles. The van der Waals surface area contributed by atoms with Crippen molar-refractivity contribution in [1.29, 1.82) is 0 Å². The van der Waals surface area contributed by atoms with Crippen LogP contribution in [0.25, 0.3) is 0 Å². The molecule has 1 aromatic rings. The molecule has 16 heavy (non-hydrogen) atoms. The van der Waals surface area contributed by atoms with E-state index in [0.29, 0.717) is 6.04 Å². The van der Waals surface area contributed by atoms with Crippen LogP contribution >= 0.6 is 27.3 Å². The average Bonchev–Trinajstić information content (AvgIpc) is 2.91. The number of aliphatic hydroxyl groups is 1.